The van der Waals surface area contributed by atoms with Gasteiger partial charge >= 0.3 is 0 Å². The van der Waals surface area contributed by atoms with Crippen molar-refractivity contribution in [3.8, 4) is 0 Å². The van der Waals surface area contributed by atoms with E-state index in [0.29, 0.717) is 0 Å². The molecule has 0 radical (unpaired) electrons. The zero-order valence-corrected chi connectivity index (χ0v) is 8.55. The molecule has 1 unspecified atom stereocenters. The van der Waals surface area contributed by atoms with Gasteiger partial charge < -0.3 is 5.32 Å². The molecule has 0 saturated heterocycles. The maximum Gasteiger partial charge on any atom is 0.0963 e. The first-order chi connectivity index (χ1) is 6.36. The summed E-state index contributed by atoms with van der Waals surface area (Å²) in [7, 11) is 0. The third-order valence-corrected chi connectivity index (χ3v) is 3.18. The average Bonchev–Trinajstić information content (AvgIpc) is 2.99. The fourth-order valence-electron chi connectivity index (χ4n) is 1.95. The highest BCUT2D eigenvalue weighted by atomic mass is 15.0. The lowest BCUT2D eigenvalue weighted by Crippen LogP contribution is -2.30. The third-order valence-electron chi connectivity index (χ3n) is 3.18. The number of amidine groups is 1. The second-order valence-corrected chi connectivity index (χ2v) is 4.48. The molecular weight excluding hydrogens is 160 g/mol. The van der Waals surface area contributed by atoms with Crippen LogP contribution in [0.15, 0.2) is 4.99 Å². The van der Waals surface area contributed by atoms with E-state index >= 15 is 0 Å². The van der Waals surface area contributed by atoms with Gasteiger partial charge in [0.1, 0.15) is 0 Å². The molecule has 0 aromatic heterocycles. The quantitative estimate of drug-likeness (QED) is 0.707. The molecule has 1 saturated carbocycles. The zero-order chi connectivity index (χ0) is 9.10. The van der Waals surface area contributed by atoms with Gasteiger partial charge in [-0.15, -0.1) is 0 Å². The third kappa shape index (κ3) is 2.71. The van der Waals surface area contributed by atoms with Gasteiger partial charge in [-0.1, -0.05) is 6.92 Å². The van der Waals surface area contributed by atoms with Crippen LogP contribution in [0.25, 0.3) is 0 Å². The minimum absolute atomic E-state index is 0.852. The van der Waals surface area contributed by atoms with Crippen LogP contribution in [0.1, 0.15) is 39.0 Å². The summed E-state index contributed by atoms with van der Waals surface area (Å²) in [6, 6.07) is 0. The number of nitrogens with one attached hydrogen (secondary N) is 1. The summed E-state index contributed by atoms with van der Waals surface area (Å²) in [4.78, 5) is 4.49. The number of nitrogens with zero attached hydrogens (tertiary/aromatic N) is 1. The standard InChI is InChI=1S/C11H20N2/c1-9(10-5-6-10)8-13-11-4-2-3-7-12-11/h9-10H,2-8H2,1H3,(H,12,13). The molecule has 0 aromatic carbocycles. The van der Waals surface area contributed by atoms with Crippen molar-refractivity contribution in [1.29, 1.82) is 0 Å². The molecule has 2 nitrogen and oxygen atoms in total. The van der Waals surface area contributed by atoms with Gasteiger partial charge in [-0.25, -0.2) is 0 Å². The largest absolute Gasteiger partial charge is 0.374 e. The average molecular weight is 180 g/mol. The lowest BCUT2D eigenvalue weighted by molar-refractivity contribution is 0.495. The van der Waals surface area contributed by atoms with E-state index in [1.165, 1.54) is 37.9 Å². The lowest BCUT2D eigenvalue weighted by Gasteiger charge is -2.16. The Morgan fingerprint density at radius 3 is 2.92 bits per heavy atom. The summed E-state index contributed by atoms with van der Waals surface area (Å²) in [5.74, 6) is 3.13. The van der Waals surface area contributed by atoms with Gasteiger partial charge in [-0.3, -0.25) is 4.99 Å². The van der Waals surface area contributed by atoms with Gasteiger partial charge in [-0.2, -0.15) is 0 Å². The molecular formula is C11H20N2. The summed E-state index contributed by atoms with van der Waals surface area (Å²) < 4.78 is 0. The second-order valence-electron chi connectivity index (χ2n) is 4.48. The van der Waals surface area contributed by atoms with Crippen LogP contribution in [0.2, 0.25) is 0 Å². The van der Waals surface area contributed by atoms with E-state index in [0.717, 1.165) is 24.9 Å². The fraction of sp³-hybridized carbons (Fsp3) is 0.909. The van der Waals surface area contributed by atoms with Crippen LogP contribution in [0.4, 0.5) is 0 Å². The molecule has 2 rings (SSSR count). The van der Waals surface area contributed by atoms with E-state index < -0.39 is 0 Å². The predicted molar refractivity (Wildman–Crippen MR) is 56.0 cm³/mol. The van der Waals surface area contributed by atoms with E-state index in [1.807, 2.05) is 0 Å². The second kappa shape index (κ2) is 4.12. The van der Waals surface area contributed by atoms with E-state index in [2.05, 4.69) is 17.2 Å². The molecule has 1 aliphatic heterocycles. The Morgan fingerprint density at radius 2 is 2.31 bits per heavy atom. The van der Waals surface area contributed by atoms with Crippen LogP contribution in [0, 0.1) is 11.8 Å². The molecule has 1 heterocycles. The van der Waals surface area contributed by atoms with Crippen molar-refractivity contribution < 1.29 is 0 Å². The summed E-state index contributed by atoms with van der Waals surface area (Å²) >= 11 is 0. The summed E-state index contributed by atoms with van der Waals surface area (Å²) in [5.41, 5.74) is 0. The van der Waals surface area contributed by atoms with Crippen molar-refractivity contribution in [2.75, 3.05) is 13.1 Å². The molecule has 74 valence electrons. The highest BCUT2D eigenvalue weighted by Gasteiger charge is 2.27. The van der Waals surface area contributed by atoms with Gasteiger partial charge in [0, 0.05) is 19.5 Å². The maximum absolute atomic E-state index is 4.49. The first kappa shape index (κ1) is 9.04. The van der Waals surface area contributed by atoms with Crippen molar-refractivity contribution in [1.82, 2.24) is 5.32 Å². The zero-order valence-electron chi connectivity index (χ0n) is 8.55. The predicted octanol–water partition coefficient (Wildman–Crippen LogP) is 2.20. The molecule has 0 amide bonds. The molecule has 1 N–H and O–H groups in total. The van der Waals surface area contributed by atoms with Crippen molar-refractivity contribution in [2.24, 2.45) is 16.8 Å². The smallest absolute Gasteiger partial charge is 0.0963 e. The highest BCUT2D eigenvalue weighted by molar-refractivity contribution is 5.82. The van der Waals surface area contributed by atoms with Crippen LogP contribution in [0.5, 0.6) is 0 Å². The SMILES string of the molecule is CC(CNC1=NCCCC1)C1CC1. The molecule has 13 heavy (non-hydrogen) atoms. The Morgan fingerprint density at radius 1 is 1.46 bits per heavy atom. The van der Waals surface area contributed by atoms with Crippen LogP contribution < -0.4 is 5.32 Å². The van der Waals surface area contributed by atoms with Crippen LogP contribution >= 0.6 is 0 Å². The number of rotatable bonds is 3. The van der Waals surface area contributed by atoms with Crippen LogP contribution in [-0.2, 0) is 0 Å². The van der Waals surface area contributed by atoms with Crippen molar-refractivity contribution in [2.45, 2.75) is 39.0 Å². The van der Waals surface area contributed by atoms with Gasteiger partial charge in [0.15, 0.2) is 0 Å². The Kier molecular flexibility index (Phi) is 2.87. The summed E-state index contributed by atoms with van der Waals surface area (Å²) in [5, 5.41) is 3.49. The normalized spacial score (nSPS) is 25.2. The van der Waals surface area contributed by atoms with E-state index in [-0.39, 0.29) is 0 Å². The number of hydrogen-bond donors (Lipinski definition) is 1. The molecule has 1 aliphatic carbocycles. The summed E-state index contributed by atoms with van der Waals surface area (Å²) in [6.07, 6.45) is 6.69. The molecule has 2 aliphatic rings. The van der Waals surface area contributed by atoms with E-state index in [4.69, 9.17) is 0 Å². The van der Waals surface area contributed by atoms with Crippen LogP contribution in [-0.4, -0.2) is 18.9 Å². The van der Waals surface area contributed by atoms with Crippen molar-refractivity contribution >= 4 is 5.84 Å². The summed E-state index contributed by atoms with van der Waals surface area (Å²) in [6.45, 7) is 4.54. The molecule has 1 atom stereocenters. The highest BCUT2D eigenvalue weighted by Crippen LogP contribution is 2.36. The van der Waals surface area contributed by atoms with Gasteiger partial charge in [0.05, 0.1) is 5.84 Å². The van der Waals surface area contributed by atoms with Crippen LogP contribution in [0.3, 0.4) is 0 Å². The van der Waals surface area contributed by atoms with Crippen molar-refractivity contribution in [3.63, 3.8) is 0 Å². The van der Waals surface area contributed by atoms with E-state index in [9.17, 15) is 0 Å². The Bertz CT molecular complexity index is 194. The first-order valence-corrected chi connectivity index (χ1v) is 5.63. The Balaban J connectivity index is 1.68. The number of aliphatic imine (C=N–C) groups is 1. The van der Waals surface area contributed by atoms with Crippen molar-refractivity contribution in [3.05, 3.63) is 0 Å². The molecule has 2 heteroatoms. The molecule has 1 fully saturated rings. The Hall–Kier alpha value is -0.530. The molecule has 0 aromatic rings. The minimum atomic E-state index is 0.852. The number of hydrogen-bond acceptors (Lipinski definition) is 2. The molecule has 0 spiro atoms. The molecule has 0 bridgehead atoms. The van der Waals surface area contributed by atoms with E-state index in [1.54, 1.807) is 0 Å². The van der Waals surface area contributed by atoms with Gasteiger partial charge in [0.2, 0.25) is 0 Å². The Labute approximate surface area is 80.8 Å². The fourth-order valence-corrected chi connectivity index (χ4v) is 1.95. The monoisotopic (exact) mass is 180 g/mol. The lowest BCUT2D eigenvalue weighted by atomic mass is 10.1. The van der Waals surface area contributed by atoms with Gasteiger partial charge in [-0.05, 0) is 37.5 Å². The minimum Gasteiger partial charge on any atom is -0.374 e. The van der Waals surface area contributed by atoms with Gasteiger partial charge in [0.25, 0.3) is 0 Å². The first-order valence-electron chi connectivity index (χ1n) is 5.63. The topological polar surface area (TPSA) is 24.4 Å². The maximum atomic E-state index is 4.49.